The topological polar surface area (TPSA) is 50.4 Å². The predicted molar refractivity (Wildman–Crippen MR) is 112 cm³/mol. The minimum Gasteiger partial charge on any atom is -0.494 e. The molecule has 2 aromatic carbocycles. The van der Waals surface area contributed by atoms with Crippen molar-refractivity contribution < 1.29 is 9.53 Å². The summed E-state index contributed by atoms with van der Waals surface area (Å²) in [6.07, 6.45) is 4.10. The molecular weight excluding hydrogens is 364 g/mol. The lowest BCUT2D eigenvalue weighted by Crippen LogP contribution is -2.38. The SMILES string of the molecule is CCCCOc1cccc(C(=O)NC(=S)NCc2ccc(SC)cc2)c1. The minimum absolute atomic E-state index is 0.249. The van der Waals surface area contributed by atoms with Crippen LogP contribution in [0.3, 0.4) is 0 Å². The van der Waals surface area contributed by atoms with Gasteiger partial charge < -0.3 is 10.1 Å². The van der Waals surface area contributed by atoms with Crippen LogP contribution < -0.4 is 15.4 Å². The Hall–Kier alpha value is -2.05. The van der Waals surface area contributed by atoms with E-state index in [1.54, 1.807) is 30.0 Å². The molecule has 4 nitrogen and oxygen atoms in total. The van der Waals surface area contributed by atoms with Gasteiger partial charge in [-0.25, -0.2) is 0 Å². The van der Waals surface area contributed by atoms with E-state index < -0.39 is 0 Å². The second kappa shape index (κ2) is 10.8. The molecule has 2 N–H and O–H groups in total. The molecular formula is C20H24N2O2S2. The molecule has 26 heavy (non-hydrogen) atoms. The third-order valence-electron chi connectivity index (χ3n) is 3.70. The Bertz CT molecular complexity index is 733. The molecule has 0 heterocycles. The molecule has 0 bridgehead atoms. The molecule has 2 rings (SSSR count). The van der Waals surface area contributed by atoms with Crippen LogP contribution in [0.4, 0.5) is 0 Å². The van der Waals surface area contributed by atoms with Gasteiger partial charge in [0, 0.05) is 17.0 Å². The standard InChI is InChI=1S/C20H24N2O2S2/c1-3-4-12-24-17-7-5-6-16(13-17)19(23)22-20(25)21-14-15-8-10-18(26-2)11-9-15/h5-11,13H,3-4,12,14H2,1-2H3,(H2,21,22,23,25). The lowest BCUT2D eigenvalue weighted by Gasteiger charge is -2.11. The van der Waals surface area contributed by atoms with E-state index in [1.165, 1.54) is 4.90 Å². The number of hydrogen-bond donors (Lipinski definition) is 2. The minimum atomic E-state index is -0.249. The third-order valence-corrected chi connectivity index (χ3v) is 4.69. The molecule has 0 aliphatic heterocycles. The van der Waals surface area contributed by atoms with E-state index in [2.05, 4.69) is 29.7 Å². The van der Waals surface area contributed by atoms with E-state index in [9.17, 15) is 4.79 Å². The molecule has 0 saturated carbocycles. The summed E-state index contributed by atoms with van der Waals surface area (Å²) in [5.74, 6) is 0.444. The molecule has 138 valence electrons. The first-order valence-corrected chi connectivity index (χ1v) is 10.2. The normalized spacial score (nSPS) is 10.2. The number of thiocarbonyl (C=S) groups is 1. The molecule has 2 aromatic rings. The predicted octanol–water partition coefficient (Wildman–Crippen LogP) is 4.39. The van der Waals surface area contributed by atoms with Gasteiger partial charge in [-0.3, -0.25) is 10.1 Å². The van der Waals surface area contributed by atoms with Crippen LogP contribution in [-0.2, 0) is 6.54 Å². The van der Waals surface area contributed by atoms with Crippen molar-refractivity contribution in [1.82, 2.24) is 10.6 Å². The summed E-state index contributed by atoms with van der Waals surface area (Å²) in [5.41, 5.74) is 1.62. The number of ether oxygens (including phenoxy) is 1. The Morgan fingerprint density at radius 3 is 2.65 bits per heavy atom. The molecule has 0 spiro atoms. The van der Waals surface area contributed by atoms with Crippen LogP contribution in [0.25, 0.3) is 0 Å². The van der Waals surface area contributed by atoms with Crippen LogP contribution >= 0.6 is 24.0 Å². The van der Waals surface area contributed by atoms with Crippen molar-refractivity contribution in [2.75, 3.05) is 12.9 Å². The molecule has 0 aromatic heterocycles. The van der Waals surface area contributed by atoms with Gasteiger partial charge in [0.05, 0.1) is 6.61 Å². The van der Waals surface area contributed by atoms with Crippen molar-refractivity contribution >= 4 is 35.0 Å². The number of carbonyl (C=O) groups excluding carboxylic acids is 1. The highest BCUT2D eigenvalue weighted by molar-refractivity contribution is 7.98. The lowest BCUT2D eigenvalue weighted by molar-refractivity contribution is 0.0976. The van der Waals surface area contributed by atoms with Gasteiger partial charge >= 0.3 is 0 Å². The van der Waals surface area contributed by atoms with Gasteiger partial charge in [0.25, 0.3) is 5.91 Å². The highest BCUT2D eigenvalue weighted by Crippen LogP contribution is 2.15. The Morgan fingerprint density at radius 2 is 1.96 bits per heavy atom. The van der Waals surface area contributed by atoms with Gasteiger partial charge in [-0.2, -0.15) is 0 Å². The second-order valence-electron chi connectivity index (χ2n) is 5.71. The Labute approximate surface area is 164 Å². The van der Waals surface area contributed by atoms with Crippen molar-refractivity contribution in [1.29, 1.82) is 0 Å². The number of carbonyl (C=O) groups is 1. The third kappa shape index (κ3) is 6.69. The van der Waals surface area contributed by atoms with Crippen molar-refractivity contribution in [2.45, 2.75) is 31.2 Å². The summed E-state index contributed by atoms with van der Waals surface area (Å²) in [4.78, 5) is 13.5. The van der Waals surface area contributed by atoms with Gasteiger partial charge in [-0.1, -0.05) is 31.5 Å². The number of hydrogen-bond acceptors (Lipinski definition) is 4. The summed E-state index contributed by atoms with van der Waals surface area (Å²) >= 11 is 6.92. The summed E-state index contributed by atoms with van der Waals surface area (Å²) in [6.45, 7) is 3.32. The van der Waals surface area contributed by atoms with Crippen LogP contribution in [0.1, 0.15) is 35.7 Å². The number of thioether (sulfide) groups is 1. The zero-order chi connectivity index (χ0) is 18.8. The quantitative estimate of drug-likeness (QED) is 0.399. The first kappa shape index (κ1) is 20.3. The Balaban J connectivity index is 1.84. The van der Waals surface area contributed by atoms with Crippen LogP contribution in [0.2, 0.25) is 0 Å². The first-order valence-electron chi connectivity index (χ1n) is 8.57. The van der Waals surface area contributed by atoms with E-state index in [0.717, 1.165) is 18.4 Å². The number of unbranched alkanes of at least 4 members (excludes halogenated alkanes) is 1. The van der Waals surface area contributed by atoms with E-state index in [0.29, 0.717) is 29.6 Å². The summed E-state index contributed by atoms with van der Waals surface area (Å²) in [5, 5.41) is 6.07. The maximum atomic E-state index is 12.3. The molecule has 0 radical (unpaired) electrons. The molecule has 0 atom stereocenters. The van der Waals surface area contributed by atoms with Crippen LogP contribution in [0.5, 0.6) is 5.75 Å². The average Bonchev–Trinajstić information content (AvgIpc) is 2.67. The largest absolute Gasteiger partial charge is 0.494 e. The lowest BCUT2D eigenvalue weighted by atomic mass is 10.2. The fourth-order valence-electron chi connectivity index (χ4n) is 2.21. The summed E-state index contributed by atoms with van der Waals surface area (Å²) < 4.78 is 5.64. The van der Waals surface area contributed by atoms with Crippen LogP contribution in [-0.4, -0.2) is 23.9 Å². The average molecular weight is 389 g/mol. The molecule has 0 fully saturated rings. The van der Waals surface area contributed by atoms with Gasteiger partial charge in [0.2, 0.25) is 0 Å². The van der Waals surface area contributed by atoms with E-state index in [1.807, 2.05) is 24.5 Å². The van der Waals surface area contributed by atoms with E-state index >= 15 is 0 Å². The first-order chi connectivity index (χ1) is 12.6. The maximum Gasteiger partial charge on any atom is 0.257 e. The van der Waals surface area contributed by atoms with Crippen molar-refractivity contribution in [3.63, 3.8) is 0 Å². The highest BCUT2D eigenvalue weighted by Gasteiger charge is 2.09. The summed E-state index contributed by atoms with van der Waals surface area (Å²) in [7, 11) is 0. The number of nitrogens with one attached hydrogen (secondary N) is 2. The zero-order valence-electron chi connectivity index (χ0n) is 15.1. The van der Waals surface area contributed by atoms with Gasteiger partial charge in [-0.05, 0) is 60.8 Å². The molecule has 6 heteroatoms. The fourth-order valence-corrected chi connectivity index (χ4v) is 2.78. The number of amides is 1. The van der Waals surface area contributed by atoms with E-state index in [4.69, 9.17) is 17.0 Å². The molecule has 0 aliphatic rings. The molecule has 1 amide bonds. The smallest absolute Gasteiger partial charge is 0.257 e. The van der Waals surface area contributed by atoms with Crippen molar-refractivity contribution in [2.24, 2.45) is 0 Å². The molecule has 0 saturated heterocycles. The van der Waals surface area contributed by atoms with Crippen LogP contribution in [0, 0.1) is 0 Å². The van der Waals surface area contributed by atoms with E-state index in [-0.39, 0.29) is 5.91 Å². The maximum absolute atomic E-state index is 12.3. The molecule has 0 aliphatic carbocycles. The number of rotatable bonds is 8. The summed E-state index contributed by atoms with van der Waals surface area (Å²) in [6, 6.07) is 15.3. The van der Waals surface area contributed by atoms with Gasteiger partial charge in [0.15, 0.2) is 5.11 Å². The number of benzene rings is 2. The second-order valence-corrected chi connectivity index (χ2v) is 7.00. The van der Waals surface area contributed by atoms with Crippen molar-refractivity contribution in [3.8, 4) is 5.75 Å². The highest BCUT2D eigenvalue weighted by atomic mass is 32.2. The Morgan fingerprint density at radius 1 is 1.19 bits per heavy atom. The monoisotopic (exact) mass is 388 g/mol. The molecule has 0 unspecified atom stereocenters. The fraction of sp³-hybridized carbons (Fsp3) is 0.300. The Kier molecular flexibility index (Phi) is 8.44. The van der Waals surface area contributed by atoms with Gasteiger partial charge in [0.1, 0.15) is 5.75 Å². The van der Waals surface area contributed by atoms with Gasteiger partial charge in [-0.15, -0.1) is 11.8 Å². The van der Waals surface area contributed by atoms with Crippen LogP contribution in [0.15, 0.2) is 53.4 Å². The zero-order valence-corrected chi connectivity index (χ0v) is 16.7. The van der Waals surface area contributed by atoms with Crippen molar-refractivity contribution in [3.05, 3.63) is 59.7 Å².